The van der Waals surface area contributed by atoms with Crippen LogP contribution >= 0.6 is 58.0 Å². The maximum atomic E-state index is 12.9. The summed E-state index contributed by atoms with van der Waals surface area (Å²) in [7, 11) is 0. The van der Waals surface area contributed by atoms with Crippen molar-refractivity contribution in [2.75, 3.05) is 0 Å². The van der Waals surface area contributed by atoms with Crippen LogP contribution in [-0.2, 0) is 3.79 Å². The van der Waals surface area contributed by atoms with Crippen molar-refractivity contribution < 1.29 is 4.39 Å². The van der Waals surface area contributed by atoms with Crippen molar-refractivity contribution in [1.29, 1.82) is 0 Å². The van der Waals surface area contributed by atoms with Gasteiger partial charge in [0.15, 0.2) is 0 Å². The summed E-state index contributed by atoms with van der Waals surface area (Å²) < 4.78 is 11.2. The van der Waals surface area contributed by atoms with Crippen molar-refractivity contribution in [2.45, 2.75) is 3.79 Å². The van der Waals surface area contributed by atoms with E-state index in [1.165, 1.54) is 6.07 Å². The number of hydrogen-bond donors (Lipinski definition) is 0. The molecular formula is C7H2Cl5F. The molecule has 0 bridgehead atoms. The lowest BCUT2D eigenvalue weighted by molar-refractivity contribution is 0.626. The van der Waals surface area contributed by atoms with Gasteiger partial charge in [0.1, 0.15) is 5.82 Å². The monoisotopic (exact) mass is 280 g/mol. The van der Waals surface area contributed by atoms with Gasteiger partial charge in [-0.1, -0.05) is 58.0 Å². The normalized spacial score (nSPS) is 11.8. The first-order chi connectivity index (χ1) is 5.82. The summed E-state index contributed by atoms with van der Waals surface area (Å²) in [6.45, 7) is 0. The highest BCUT2D eigenvalue weighted by molar-refractivity contribution is 6.67. The van der Waals surface area contributed by atoms with Crippen LogP contribution in [0.4, 0.5) is 4.39 Å². The average Bonchev–Trinajstić information content (AvgIpc) is 1.94. The van der Waals surface area contributed by atoms with E-state index in [0.29, 0.717) is 0 Å². The molecule has 13 heavy (non-hydrogen) atoms. The van der Waals surface area contributed by atoms with E-state index in [2.05, 4.69) is 0 Å². The Morgan fingerprint density at radius 2 is 1.54 bits per heavy atom. The minimum absolute atomic E-state index is 0.0704. The van der Waals surface area contributed by atoms with Gasteiger partial charge in [-0.15, -0.1) is 0 Å². The van der Waals surface area contributed by atoms with E-state index >= 15 is 0 Å². The minimum atomic E-state index is -1.75. The smallest absolute Gasteiger partial charge is 0.205 e. The lowest BCUT2D eigenvalue weighted by atomic mass is 10.2. The SMILES string of the molecule is Fc1cc(C(Cl)(Cl)Cl)c(Cl)cc1Cl. The molecule has 0 aliphatic carbocycles. The van der Waals surface area contributed by atoms with Gasteiger partial charge in [-0.05, 0) is 12.1 Å². The third-order valence-corrected chi connectivity index (χ3v) is 2.53. The number of rotatable bonds is 0. The number of benzene rings is 1. The van der Waals surface area contributed by atoms with Gasteiger partial charge in [0.2, 0.25) is 3.79 Å². The van der Waals surface area contributed by atoms with Crippen LogP contribution < -0.4 is 0 Å². The second-order valence-corrected chi connectivity index (χ2v) is 5.34. The van der Waals surface area contributed by atoms with E-state index in [4.69, 9.17) is 58.0 Å². The van der Waals surface area contributed by atoms with Crippen LogP contribution in [0.1, 0.15) is 5.56 Å². The highest BCUT2D eigenvalue weighted by Gasteiger charge is 2.27. The van der Waals surface area contributed by atoms with E-state index in [9.17, 15) is 4.39 Å². The average molecular weight is 282 g/mol. The van der Waals surface area contributed by atoms with Crippen LogP contribution in [0.2, 0.25) is 10.0 Å². The van der Waals surface area contributed by atoms with Crippen LogP contribution in [0.3, 0.4) is 0 Å². The van der Waals surface area contributed by atoms with Gasteiger partial charge in [-0.3, -0.25) is 0 Å². The van der Waals surface area contributed by atoms with Crippen molar-refractivity contribution in [3.8, 4) is 0 Å². The van der Waals surface area contributed by atoms with E-state index in [1.54, 1.807) is 0 Å². The van der Waals surface area contributed by atoms with E-state index < -0.39 is 9.61 Å². The first-order valence-electron chi connectivity index (χ1n) is 3.04. The molecule has 6 heteroatoms. The molecular weight excluding hydrogens is 280 g/mol. The Labute approximate surface area is 99.5 Å². The van der Waals surface area contributed by atoms with Crippen molar-refractivity contribution in [1.82, 2.24) is 0 Å². The van der Waals surface area contributed by atoms with Crippen LogP contribution in [0.5, 0.6) is 0 Å². The molecule has 0 unspecified atom stereocenters. The predicted molar refractivity (Wildman–Crippen MR) is 55.7 cm³/mol. The molecule has 0 atom stereocenters. The fourth-order valence-corrected chi connectivity index (χ4v) is 1.88. The van der Waals surface area contributed by atoms with Gasteiger partial charge in [-0.2, -0.15) is 0 Å². The summed E-state index contributed by atoms with van der Waals surface area (Å²) in [5.74, 6) is -0.674. The predicted octanol–water partition coefficient (Wildman–Crippen LogP) is 4.96. The molecule has 0 saturated carbocycles. The van der Waals surface area contributed by atoms with Crippen molar-refractivity contribution >= 4 is 58.0 Å². The van der Waals surface area contributed by atoms with Crippen molar-refractivity contribution in [2.24, 2.45) is 0 Å². The summed E-state index contributed by atoms with van der Waals surface area (Å²) in [6, 6.07) is 2.19. The molecule has 0 heterocycles. The zero-order chi connectivity index (χ0) is 10.2. The molecule has 0 radical (unpaired) electrons. The van der Waals surface area contributed by atoms with Crippen LogP contribution in [0.15, 0.2) is 12.1 Å². The molecule has 72 valence electrons. The molecule has 1 rings (SSSR count). The molecule has 0 spiro atoms. The van der Waals surface area contributed by atoms with E-state index in [0.717, 1.165) is 6.07 Å². The highest BCUT2D eigenvalue weighted by Crippen LogP contribution is 2.42. The van der Waals surface area contributed by atoms with Gasteiger partial charge in [0, 0.05) is 10.6 Å². The topological polar surface area (TPSA) is 0 Å². The molecule has 0 aliphatic heterocycles. The summed E-state index contributed by atoms with van der Waals surface area (Å²) in [4.78, 5) is 0. The Balaban J connectivity index is 3.32. The number of hydrogen-bond acceptors (Lipinski definition) is 0. The Morgan fingerprint density at radius 1 is 1.00 bits per heavy atom. The molecule has 0 N–H and O–H groups in total. The molecule has 0 nitrogen and oxygen atoms in total. The molecule has 0 fully saturated rings. The fraction of sp³-hybridized carbons (Fsp3) is 0.143. The Kier molecular flexibility index (Phi) is 3.59. The first-order valence-corrected chi connectivity index (χ1v) is 4.93. The van der Waals surface area contributed by atoms with E-state index in [1.807, 2.05) is 0 Å². The molecule has 0 aliphatic rings. The highest BCUT2D eigenvalue weighted by atomic mass is 35.6. The summed E-state index contributed by atoms with van der Waals surface area (Å²) in [5.41, 5.74) is 0.0704. The number of alkyl halides is 3. The second-order valence-electron chi connectivity index (χ2n) is 2.24. The quantitative estimate of drug-likeness (QED) is 0.466. The first kappa shape index (κ1) is 11.7. The van der Waals surface area contributed by atoms with Gasteiger partial charge in [-0.25, -0.2) is 4.39 Å². The summed E-state index contributed by atoms with van der Waals surface area (Å²) in [6.07, 6.45) is 0. The maximum absolute atomic E-state index is 12.9. The third-order valence-electron chi connectivity index (χ3n) is 1.32. The maximum Gasteiger partial charge on any atom is 0.217 e. The minimum Gasteiger partial charge on any atom is -0.205 e. The summed E-state index contributed by atoms with van der Waals surface area (Å²) in [5, 5.41) is 0.00870. The zero-order valence-corrected chi connectivity index (χ0v) is 9.70. The largest absolute Gasteiger partial charge is 0.217 e. The second kappa shape index (κ2) is 4.00. The summed E-state index contributed by atoms with van der Waals surface area (Å²) >= 11 is 27.7. The van der Waals surface area contributed by atoms with Crippen molar-refractivity contribution in [3.05, 3.63) is 33.6 Å². The molecule has 0 aromatic heterocycles. The lowest BCUT2D eigenvalue weighted by Gasteiger charge is -2.13. The van der Waals surface area contributed by atoms with Gasteiger partial charge >= 0.3 is 0 Å². The Bertz CT molecular complexity index is 330. The van der Waals surface area contributed by atoms with Gasteiger partial charge in [0.05, 0.1) is 5.02 Å². The molecule has 0 saturated heterocycles. The third kappa shape index (κ3) is 2.77. The van der Waals surface area contributed by atoms with Gasteiger partial charge < -0.3 is 0 Å². The van der Waals surface area contributed by atoms with Crippen LogP contribution in [-0.4, -0.2) is 0 Å². The van der Waals surface area contributed by atoms with Crippen molar-refractivity contribution in [3.63, 3.8) is 0 Å². The Morgan fingerprint density at radius 3 is 2.00 bits per heavy atom. The molecule has 1 aromatic carbocycles. The van der Waals surface area contributed by atoms with Crippen LogP contribution in [0, 0.1) is 5.82 Å². The van der Waals surface area contributed by atoms with Gasteiger partial charge in [0.25, 0.3) is 0 Å². The Hall–Kier alpha value is 0.600. The van der Waals surface area contributed by atoms with Crippen LogP contribution in [0.25, 0.3) is 0 Å². The lowest BCUT2D eigenvalue weighted by Crippen LogP contribution is -2.02. The standard InChI is InChI=1S/C7H2Cl5F/c8-4-2-5(9)6(13)1-3(4)7(10,11)12/h1-2H. The molecule has 1 aromatic rings. The zero-order valence-electron chi connectivity index (χ0n) is 5.92. The van der Waals surface area contributed by atoms with E-state index in [-0.39, 0.29) is 15.6 Å². The fourth-order valence-electron chi connectivity index (χ4n) is 0.740. The number of halogens is 6. The molecule has 0 amide bonds.